The van der Waals surface area contributed by atoms with Crippen LogP contribution in [0.2, 0.25) is 0 Å². The van der Waals surface area contributed by atoms with Crippen molar-refractivity contribution in [3.8, 4) is 0 Å². The number of benzene rings is 3. The van der Waals surface area contributed by atoms with Crippen molar-refractivity contribution in [1.29, 1.82) is 0 Å². The number of carboxylic acids is 1. The number of nitrogens with one attached hydrogen (secondary N) is 1. The molecule has 1 spiro atoms. The molecule has 2 aliphatic rings. The van der Waals surface area contributed by atoms with Crippen molar-refractivity contribution in [3.63, 3.8) is 0 Å². The van der Waals surface area contributed by atoms with Gasteiger partial charge in [-0.3, -0.25) is 14.4 Å². The second-order valence-electron chi connectivity index (χ2n) is 11.6. The summed E-state index contributed by atoms with van der Waals surface area (Å²) in [5.41, 5.74) is 4.11. The summed E-state index contributed by atoms with van der Waals surface area (Å²) in [5, 5.41) is 14.6. The van der Waals surface area contributed by atoms with E-state index < -0.39 is 11.9 Å². The molecule has 6 heteroatoms. The van der Waals surface area contributed by atoms with Crippen molar-refractivity contribution in [2.75, 3.05) is 18.4 Å². The lowest BCUT2D eigenvalue weighted by atomic mass is 9.77. The van der Waals surface area contributed by atoms with Gasteiger partial charge in [0.05, 0.1) is 17.7 Å². The number of carbonyl (C=O) groups excluding carboxylic acids is 2. The highest BCUT2D eigenvalue weighted by Crippen LogP contribution is 2.46. The molecule has 1 atom stereocenters. The molecule has 0 radical (unpaired) electrons. The van der Waals surface area contributed by atoms with E-state index in [1.165, 1.54) is 25.7 Å². The van der Waals surface area contributed by atoms with Gasteiger partial charge < -0.3 is 15.3 Å². The lowest BCUT2D eigenvalue weighted by Crippen LogP contribution is -2.42. The van der Waals surface area contributed by atoms with Gasteiger partial charge in [0.1, 0.15) is 0 Å². The van der Waals surface area contributed by atoms with Gasteiger partial charge in [-0.2, -0.15) is 0 Å². The Labute approximate surface area is 230 Å². The Hall–Kier alpha value is -3.67. The number of hydrogen-bond acceptors (Lipinski definition) is 3. The van der Waals surface area contributed by atoms with Gasteiger partial charge in [0.15, 0.2) is 0 Å². The molecule has 0 aromatic heterocycles. The SMILES string of the molecule is Cc1cc(C)c(NC(=O)C[C@@H](CC(=O)O)c2cccc3ccccc23)c(C(=O)N2CCC3(CCCC3)CC2)c1. The van der Waals surface area contributed by atoms with Crippen molar-refractivity contribution in [2.45, 2.75) is 71.1 Å². The first-order valence-electron chi connectivity index (χ1n) is 14.1. The number of rotatable bonds is 7. The van der Waals surface area contributed by atoms with Gasteiger partial charge in [-0.25, -0.2) is 0 Å². The first-order chi connectivity index (χ1) is 18.7. The van der Waals surface area contributed by atoms with E-state index in [9.17, 15) is 19.5 Å². The van der Waals surface area contributed by atoms with Gasteiger partial charge in [-0.1, -0.05) is 61.4 Å². The van der Waals surface area contributed by atoms with Crippen LogP contribution < -0.4 is 5.32 Å². The molecule has 39 heavy (non-hydrogen) atoms. The summed E-state index contributed by atoms with van der Waals surface area (Å²) >= 11 is 0. The fourth-order valence-electron chi connectivity index (χ4n) is 6.81. The van der Waals surface area contributed by atoms with Crippen LogP contribution in [0.3, 0.4) is 0 Å². The van der Waals surface area contributed by atoms with Crippen molar-refractivity contribution >= 4 is 34.2 Å². The van der Waals surface area contributed by atoms with Crippen LogP contribution in [0.25, 0.3) is 10.8 Å². The van der Waals surface area contributed by atoms with E-state index in [0.717, 1.165) is 53.4 Å². The van der Waals surface area contributed by atoms with E-state index in [4.69, 9.17) is 0 Å². The van der Waals surface area contributed by atoms with Gasteiger partial charge in [0.2, 0.25) is 5.91 Å². The van der Waals surface area contributed by atoms with Gasteiger partial charge in [0.25, 0.3) is 5.91 Å². The monoisotopic (exact) mass is 526 g/mol. The lowest BCUT2D eigenvalue weighted by Gasteiger charge is -2.39. The molecule has 1 aliphatic carbocycles. The van der Waals surface area contributed by atoms with Crippen molar-refractivity contribution in [3.05, 3.63) is 76.9 Å². The van der Waals surface area contributed by atoms with Crippen LogP contribution in [-0.2, 0) is 9.59 Å². The zero-order valence-electron chi connectivity index (χ0n) is 23.0. The topological polar surface area (TPSA) is 86.7 Å². The number of carboxylic acid groups (broad SMARTS) is 1. The molecule has 2 amide bonds. The summed E-state index contributed by atoms with van der Waals surface area (Å²) in [6, 6.07) is 17.4. The number of aryl methyl sites for hydroxylation is 2. The third-order valence-corrected chi connectivity index (χ3v) is 8.87. The fraction of sp³-hybridized carbons (Fsp3) is 0.424. The summed E-state index contributed by atoms with van der Waals surface area (Å²) in [7, 11) is 0. The third kappa shape index (κ3) is 5.85. The molecule has 1 saturated heterocycles. The maximum Gasteiger partial charge on any atom is 0.303 e. The normalized spacial score (nSPS) is 17.3. The molecule has 1 aliphatic heterocycles. The zero-order chi connectivity index (χ0) is 27.6. The second-order valence-corrected chi connectivity index (χ2v) is 11.6. The van der Waals surface area contributed by atoms with Gasteiger partial charge in [-0.15, -0.1) is 0 Å². The third-order valence-electron chi connectivity index (χ3n) is 8.87. The molecule has 3 aromatic carbocycles. The Bertz CT molecular complexity index is 1390. The number of anilines is 1. The number of carbonyl (C=O) groups is 3. The predicted molar refractivity (Wildman–Crippen MR) is 154 cm³/mol. The molecule has 1 heterocycles. The van der Waals surface area contributed by atoms with Gasteiger partial charge in [-0.05, 0) is 78.5 Å². The highest BCUT2D eigenvalue weighted by molar-refractivity contribution is 6.05. The smallest absolute Gasteiger partial charge is 0.303 e. The number of amides is 2. The number of likely N-dealkylation sites (tertiary alicyclic amines) is 1. The Morgan fingerprint density at radius 1 is 0.923 bits per heavy atom. The molecule has 5 rings (SSSR count). The Morgan fingerprint density at radius 2 is 1.62 bits per heavy atom. The fourth-order valence-corrected chi connectivity index (χ4v) is 6.81. The quantitative estimate of drug-likeness (QED) is 0.353. The van der Waals surface area contributed by atoms with Crippen molar-refractivity contribution in [1.82, 2.24) is 4.90 Å². The maximum absolute atomic E-state index is 13.7. The molecule has 204 valence electrons. The van der Waals surface area contributed by atoms with Crippen LogP contribution in [0.1, 0.15) is 84.3 Å². The average Bonchev–Trinajstić information content (AvgIpc) is 3.37. The average molecular weight is 527 g/mol. The van der Waals surface area contributed by atoms with E-state index in [-0.39, 0.29) is 24.7 Å². The second kappa shape index (κ2) is 11.2. The van der Waals surface area contributed by atoms with Crippen molar-refractivity contribution < 1.29 is 19.5 Å². The first kappa shape index (κ1) is 26.9. The van der Waals surface area contributed by atoms with Crippen molar-refractivity contribution in [2.24, 2.45) is 5.41 Å². The van der Waals surface area contributed by atoms with Crippen LogP contribution in [0.4, 0.5) is 5.69 Å². The van der Waals surface area contributed by atoms with Gasteiger partial charge >= 0.3 is 5.97 Å². The molecule has 2 N–H and O–H groups in total. The van der Waals surface area contributed by atoms with E-state index in [0.29, 0.717) is 16.7 Å². The summed E-state index contributed by atoms with van der Waals surface area (Å²) in [6.07, 6.45) is 7.08. The Balaban J connectivity index is 1.37. The molecule has 2 fully saturated rings. The maximum atomic E-state index is 13.7. The van der Waals surface area contributed by atoms with Crippen LogP contribution in [0.5, 0.6) is 0 Å². The summed E-state index contributed by atoms with van der Waals surface area (Å²) in [4.78, 5) is 40.9. The molecule has 0 unspecified atom stereocenters. The van der Waals surface area contributed by atoms with Gasteiger partial charge in [0, 0.05) is 25.4 Å². The molecule has 0 bridgehead atoms. The highest BCUT2D eigenvalue weighted by Gasteiger charge is 2.38. The largest absolute Gasteiger partial charge is 0.481 e. The predicted octanol–water partition coefficient (Wildman–Crippen LogP) is 6.84. The van der Waals surface area contributed by atoms with Crippen LogP contribution in [-0.4, -0.2) is 40.9 Å². The first-order valence-corrected chi connectivity index (χ1v) is 14.1. The van der Waals surface area contributed by atoms with Crippen LogP contribution >= 0.6 is 0 Å². The Morgan fingerprint density at radius 3 is 2.33 bits per heavy atom. The molecular formula is C33H38N2O4. The summed E-state index contributed by atoms with van der Waals surface area (Å²) in [6.45, 7) is 5.37. The highest BCUT2D eigenvalue weighted by atomic mass is 16.4. The number of aliphatic carboxylic acids is 1. The standard InChI is InChI=1S/C33H38N2O4/c1-22-18-23(2)31(28(19-22)32(39)35-16-14-33(15-17-35)12-5-6-13-33)34-29(36)20-25(21-30(37)38)27-11-7-9-24-8-3-4-10-26(24)27/h3-4,7-11,18-19,25H,5-6,12-17,20-21H2,1-2H3,(H,34,36)(H,37,38)/t25-/m0/s1. The number of hydrogen-bond donors (Lipinski definition) is 2. The summed E-state index contributed by atoms with van der Waals surface area (Å²) in [5.74, 6) is -1.78. The van der Waals surface area contributed by atoms with E-state index >= 15 is 0 Å². The molecule has 3 aromatic rings. The number of nitrogens with zero attached hydrogens (tertiary/aromatic N) is 1. The minimum Gasteiger partial charge on any atom is -0.481 e. The van der Waals surface area contributed by atoms with Crippen LogP contribution in [0, 0.1) is 19.3 Å². The molecule has 6 nitrogen and oxygen atoms in total. The van der Waals surface area contributed by atoms with Crippen LogP contribution in [0.15, 0.2) is 54.6 Å². The molecule has 1 saturated carbocycles. The lowest BCUT2D eigenvalue weighted by molar-refractivity contribution is -0.137. The number of fused-ring (bicyclic) bond motifs is 1. The van der Waals surface area contributed by atoms with E-state index in [1.807, 2.05) is 73.3 Å². The minimum absolute atomic E-state index is 0.00743. The van der Waals surface area contributed by atoms with E-state index in [2.05, 4.69) is 5.32 Å². The minimum atomic E-state index is -0.951. The number of piperidine rings is 1. The van der Waals surface area contributed by atoms with E-state index in [1.54, 1.807) is 0 Å². The summed E-state index contributed by atoms with van der Waals surface area (Å²) < 4.78 is 0. The Kier molecular flexibility index (Phi) is 7.74. The zero-order valence-corrected chi connectivity index (χ0v) is 23.0. The molecular weight excluding hydrogens is 488 g/mol.